The van der Waals surface area contributed by atoms with Gasteiger partial charge >= 0.3 is 10.9 Å². The fourth-order valence-electron chi connectivity index (χ4n) is 3.80. The Bertz CT molecular complexity index is 1550. The summed E-state index contributed by atoms with van der Waals surface area (Å²) in [6.45, 7) is 6.27. The van der Waals surface area contributed by atoms with Crippen molar-refractivity contribution in [1.29, 1.82) is 0 Å². The summed E-state index contributed by atoms with van der Waals surface area (Å²) in [5.74, 6) is 0.583. The second kappa shape index (κ2) is 8.26. The van der Waals surface area contributed by atoms with Crippen LogP contribution < -0.4 is 14.4 Å². The number of carbonyl (C=O) groups excluding carboxylic acids is 1. The smallest absolute Gasteiger partial charge is 0.396 e. The van der Waals surface area contributed by atoms with Gasteiger partial charge in [-0.3, -0.25) is 0 Å². The number of hydrogen-bond donors (Lipinski definition) is 0. The fourth-order valence-corrected chi connectivity index (χ4v) is 4.53. The van der Waals surface area contributed by atoms with E-state index in [-0.39, 0.29) is 5.76 Å². The van der Waals surface area contributed by atoms with Gasteiger partial charge in [-0.15, -0.1) is 0 Å². The molecule has 0 fully saturated rings. The topological polar surface area (TPSA) is 78.9 Å². The van der Waals surface area contributed by atoms with Crippen molar-refractivity contribution in [2.45, 2.75) is 20.8 Å². The highest BCUT2D eigenvalue weighted by molar-refractivity contribution is 7.16. The number of ether oxygens (including phenoxy) is 2. The molecule has 0 atom stereocenters. The molecule has 0 N–H and O–H groups in total. The van der Waals surface area contributed by atoms with Crippen LogP contribution in [0.1, 0.15) is 28.6 Å². The zero-order chi connectivity index (χ0) is 23.1. The van der Waals surface area contributed by atoms with E-state index in [1.54, 1.807) is 12.1 Å². The van der Waals surface area contributed by atoms with Crippen molar-refractivity contribution in [3.63, 3.8) is 0 Å². The van der Waals surface area contributed by atoms with E-state index in [0.29, 0.717) is 33.8 Å². The van der Waals surface area contributed by atoms with E-state index in [0.717, 1.165) is 39.2 Å². The van der Waals surface area contributed by atoms with E-state index < -0.39 is 10.9 Å². The summed E-state index contributed by atoms with van der Waals surface area (Å²) in [6.07, 6.45) is 0. The van der Waals surface area contributed by atoms with E-state index >= 15 is 0 Å². The lowest BCUT2D eigenvalue weighted by atomic mass is 10.0. The van der Waals surface area contributed by atoms with E-state index in [9.17, 15) is 9.59 Å². The maximum Gasteiger partial charge on any atom is 0.396 e. The van der Waals surface area contributed by atoms with Crippen LogP contribution in [0.3, 0.4) is 0 Å². The number of esters is 1. The first-order valence-corrected chi connectivity index (χ1v) is 11.3. The number of rotatable bonds is 5. The average molecular weight is 461 g/mol. The molecule has 2 heterocycles. The largest absolute Gasteiger partial charge is 0.494 e. The monoisotopic (exact) mass is 460 g/mol. The Morgan fingerprint density at radius 2 is 1.76 bits per heavy atom. The van der Waals surface area contributed by atoms with Crippen molar-refractivity contribution < 1.29 is 23.1 Å². The standard InChI is InChI=1S/C26H20O6S/c1-4-29-17-8-6-16(7-9-17)20-12-18(13-22-24(20)32-26(28)33-22)30-25(27)23-15(3)19-10-5-14(2)11-21(19)31-23/h5-13H,4H2,1-3H3. The van der Waals surface area contributed by atoms with E-state index in [4.69, 9.17) is 18.3 Å². The molecule has 0 spiro atoms. The van der Waals surface area contributed by atoms with Crippen molar-refractivity contribution in [3.05, 3.63) is 81.2 Å². The van der Waals surface area contributed by atoms with Crippen molar-refractivity contribution in [1.82, 2.24) is 0 Å². The summed E-state index contributed by atoms with van der Waals surface area (Å²) < 4.78 is 23.0. The molecule has 0 saturated carbocycles. The normalized spacial score (nSPS) is 11.2. The summed E-state index contributed by atoms with van der Waals surface area (Å²) in [6, 6.07) is 16.5. The van der Waals surface area contributed by atoms with E-state index in [1.165, 1.54) is 0 Å². The Balaban J connectivity index is 1.54. The van der Waals surface area contributed by atoms with E-state index in [1.807, 2.05) is 63.2 Å². The number of benzene rings is 3. The Kier molecular flexibility index (Phi) is 5.26. The Morgan fingerprint density at radius 3 is 2.52 bits per heavy atom. The summed E-state index contributed by atoms with van der Waals surface area (Å²) in [5.41, 5.74) is 4.29. The van der Waals surface area contributed by atoms with Crippen LogP contribution in [-0.2, 0) is 0 Å². The molecule has 0 aliphatic carbocycles. The number of aryl methyl sites for hydroxylation is 2. The number of furan rings is 1. The van der Waals surface area contributed by atoms with Crippen LogP contribution in [0.5, 0.6) is 11.5 Å². The minimum Gasteiger partial charge on any atom is -0.494 e. The Morgan fingerprint density at radius 1 is 0.970 bits per heavy atom. The lowest BCUT2D eigenvalue weighted by molar-refractivity contribution is 0.0703. The SMILES string of the molecule is CCOc1ccc(-c2cc(OC(=O)c3oc4cc(C)ccc4c3C)cc3sc(=O)oc23)cc1. The maximum absolute atomic E-state index is 13.0. The molecule has 166 valence electrons. The molecular formula is C26H20O6S. The van der Waals surface area contributed by atoms with Crippen LogP contribution in [0.2, 0.25) is 0 Å². The van der Waals surface area contributed by atoms with Gasteiger partial charge in [0.2, 0.25) is 5.76 Å². The molecular weight excluding hydrogens is 440 g/mol. The Labute approximate surface area is 193 Å². The fraction of sp³-hybridized carbons (Fsp3) is 0.154. The van der Waals surface area contributed by atoms with Gasteiger partial charge in [0.1, 0.15) is 17.1 Å². The lowest BCUT2D eigenvalue weighted by Crippen LogP contribution is -2.08. The third kappa shape index (κ3) is 3.91. The first-order chi connectivity index (χ1) is 15.9. The van der Waals surface area contributed by atoms with Crippen molar-refractivity contribution in [3.8, 4) is 22.6 Å². The number of carbonyl (C=O) groups is 1. The third-order valence-electron chi connectivity index (χ3n) is 5.37. The van der Waals surface area contributed by atoms with E-state index in [2.05, 4.69) is 0 Å². The van der Waals surface area contributed by atoms with Crippen LogP contribution in [0.25, 0.3) is 32.4 Å². The average Bonchev–Trinajstić information content (AvgIpc) is 3.32. The second-order valence-electron chi connectivity index (χ2n) is 7.65. The molecule has 7 heteroatoms. The third-order valence-corrected chi connectivity index (χ3v) is 6.15. The highest BCUT2D eigenvalue weighted by Crippen LogP contribution is 2.36. The molecule has 33 heavy (non-hydrogen) atoms. The summed E-state index contributed by atoms with van der Waals surface area (Å²) >= 11 is 0.956. The van der Waals surface area contributed by atoms with Gasteiger partial charge < -0.3 is 18.3 Å². The van der Waals surface area contributed by atoms with Crippen LogP contribution in [0.15, 0.2) is 68.2 Å². The van der Waals surface area contributed by atoms with Crippen molar-refractivity contribution >= 4 is 38.6 Å². The van der Waals surface area contributed by atoms with Crippen LogP contribution in [0.4, 0.5) is 0 Å². The zero-order valence-electron chi connectivity index (χ0n) is 18.3. The molecule has 0 bridgehead atoms. The Hall–Kier alpha value is -3.84. The quantitative estimate of drug-likeness (QED) is 0.220. The predicted molar refractivity (Wildman–Crippen MR) is 128 cm³/mol. The molecule has 5 aromatic rings. The zero-order valence-corrected chi connectivity index (χ0v) is 19.1. The molecule has 0 aliphatic rings. The van der Waals surface area contributed by atoms with Crippen LogP contribution in [-0.4, -0.2) is 12.6 Å². The molecule has 0 unspecified atom stereocenters. The highest BCUT2D eigenvalue weighted by atomic mass is 32.1. The predicted octanol–water partition coefficient (Wildman–Crippen LogP) is 6.50. The maximum atomic E-state index is 13.0. The van der Waals surface area contributed by atoms with Gasteiger partial charge in [-0.1, -0.05) is 35.6 Å². The highest BCUT2D eigenvalue weighted by Gasteiger charge is 2.21. The molecule has 0 amide bonds. The summed E-state index contributed by atoms with van der Waals surface area (Å²) in [5, 5.41) is 0.867. The minimum atomic E-state index is -0.603. The van der Waals surface area contributed by atoms with Gasteiger partial charge in [-0.2, -0.15) is 0 Å². The summed E-state index contributed by atoms with van der Waals surface area (Å²) in [4.78, 5) is 24.5. The first kappa shape index (κ1) is 21.0. The first-order valence-electron chi connectivity index (χ1n) is 10.5. The van der Waals surface area contributed by atoms with Crippen LogP contribution in [0, 0.1) is 13.8 Å². The van der Waals surface area contributed by atoms with Gasteiger partial charge in [-0.05, 0) is 56.2 Å². The van der Waals surface area contributed by atoms with Crippen LogP contribution >= 0.6 is 11.3 Å². The molecule has 0 saturated heterocycles. The molecule has 0 radical (unpaired) electrons. The molecule has 5 rings (SSSR count). The summed E-state index contributed by atoms with van der Waals surface area (Å²) in [7, 11) is 0. The van der Waals surface area contributed by atoms with Gasteiger partial charge in [0.15, 0.2) is 5.58 Å². The van der Waals surface area contributed by atoms with Crippen molar-refractivity contribution in [2.24, 2.45) is 0 Å². The molecule has 6 nitrogen and oxygen atoms in total. The van der Waals surface area contributed by atoms with Gasteiger partial charge in [-0.25, -0.2) is 9.59 Å². The number of fused-ring (bicyclic) bond motifs is 2. The molecule has 0 aliphatic heterocycles. The lowest BCUT2D eigenvalue weighted by Gasteiger charge is -2.08. The minimum absolute atomic E-state index is 0.152. The second-order valence-corrected chi connectivity index (χ2v) is 8.63. The number of hydrogen-bond acceptors (Lipinski definition) is 7. The van der Waals surface area contributed by atoms with Gasteiger partial charge in [0.05, 0.1) is 11.3 Å². The molecule has 3 aromatic carbocycles. The molecule has 2 aromatic heterocycles. The van der Waals surface area contributed by atoms with Gasteiger partial charge in [0, 0.05) is 22.6 Å². The van der Waals surface area contributed by atoms with Gasteiger partial charge in [0.25, 0.3) is 0 Å². The van der Waals surface area contributed by atoms with Crippen molar-refractivity contribution in [2.75, 3.05) is 6.61 Å².